The molecule has 0 amide bonds. The molecule has 0 aliphatic rings. The van der Waals surface area contributed by atoms with Gasteiger partial charge in [0, 0.05) is 11.6 Å². The molecule has 0 saturated carbocycles. The first-order chi connectivity index (χ1) is 12.1. The Kier molecular flexibility index (Phi) is 5.93. The van der Waals surface area contributed by atoms with Crippen LogP contribution in [-0.2, 0) is 10.0 Å². The second-order valence-corrected chi connectivity index (χ2v) is 8.22. The van der Waals surface area contributed by atoms with Crippen LogP contribution in [0, 0.1) is 12.7 Å². The van der Waals surface area contributed by atoms with Gasteiger partial charge in [0.1, 0.15) is 11.6 Å². The lowest BCUT2D eigenvalue weighted by Gasteiger charge is -2.30. The van der Waals surface area contributed by atoms with Gasteiger partial charge < -0.3 is 9.84 Å². The van der Waals surface area contributed by atoms with Crippen LogP contribution < -0.4 is 9.04 Å². The Balaban J connectivity index is 2.61. The number of rotatable bonds is 6. The van der Waals surface area contributed by atoms with Gasteiger partial charge in [-0.1, -0.05) is 0 Å². The van der Waals surface area contributed by atoms with E-state index in [0.29, 0.717) is 11.4 Å². The van der Waals surface area contributed by atoms with E-state index in [1.165, 1.54) is 23.4 Å². The van der Waals surface area contributed by atoms with E-state index < -0.39 is 21.9 Å². The van der Waals surface area contributed by atoms with Gasteiger partial charge in [0.15, 0.2) is 0 Å². The number of nitrogens with zero attached hydrogens (tertiary/aromatic N) is 1. The van der Waals surface area contributed by atoms with E-state index in [-0.39, 0.29) is 16.5 Å². The van der Waals surface area contributed by atoms with Gasteiger partial charge in [-0.15, -0.1) is 0 Å². The monoisotopic (exact) mass is 381 g/mol. The zero-order valence-electron chi connectivity index (χ0n) is 15.5. The van der Waals surface area contributed by atoms with Gasteiger partial charge in [0.2, 0.25) is 0 Å². The second kappa shape index (κ2) is 7.63. The number of hydrogen-bond donors (Lipinski definition) is 1. The van der Waals surface area contributed by atoms with Crippen LogP contribution in [0.5, 0.6) is 5.75 Å². The molecule has 0 spiro atoms. The van der Waals surface area contributed by atoms with Crippen LogP contribution in [0.2, 0.25) is 0 Å². The summed E-state index contributed by atoms with van der Waals surface area (Å²) in [6, 6.07) is 8.23. The lowest BCUT2D eigenvalue weighted by atomic mass is 10.1. The Hall–Kier alpha value is -2.12. The Labute approximate surface area is 154 Å². The predicted molar refractivity (Wildman–Crippen MR) is 99.6 cm³/mol. The van der Waals surface area contributed by atoms with Crippen molar-refractivity contribution >= 4 is 15.7 Å². The molecule has 0 aliphatic carbocycles. The normalized spacial score (nSPS) is 12.9. The quantitative estimate of drug-likeness (QED) is 0.826. The number of methoxy groups -OCH3 is 1. The molecule has 2 rings (SSSR count). The number of sulfonamides is 1. The fraction of sp³-hybridized carbons (Fsp3) is 0.368. The van der Waals surface area contributed by atoms with E-state index in [4.69, 9.17) is 4.74 Å². The third-order valence-corrected chi connectivity index (χ3v) is 6.07. The summed E-state index contributed by atoms with van der Waals surface area (Å²) in [6.45, 7) is 6.72. The summed E-state index contributed by atoms with van der Waals surface area (Å²) in [6.07, 6.45) is -1.11. The van der Waals surface area contributed by atoms with Crippen molar-refractivity contribution in [3.63, 3.8) is 0 Å². The average molecular weight is 381 g/mol. The molecule has 5 nitrogen and oxygen atoms in total. The zero-order chi connectivity index (χ0) is 19.6. The summed E-state index contributed by atoms with van der Waals surface area (Å²) in [5.41, 5.74) is 1.20. The minimum absolute atomic E-state index is 0.0544. The SMILES string of the molecule is COc1ccc(N(C(C)C)S(=O)(=O)c2ccc(F)c(C(C)O)c2)c(C)c1. The van der Waals surface area contributed by atoms with Gasteiger partial charge in [-0.2, -0.15) is 0 Å². The fourth-order valence-corrected chi connectivity index (χ4v) is 4.57. The van der Waals surface area contributed by atoms with Gasteiger partial charge in [-0.05, 0) is 69.7 Å². The van der Waals surface area contributed by atoms with Crippen molar-refractivity contribution in [2.75, 3.05) is 11.4 Å². The molecule has 1 unspecified atom stereocenters. The van der Waals surface area contributed by atoms with E-state index in [1.807, 2.05) is 0 Å². The highest BCUT2D eigenvalue weighted by Crippen LogP contribution is 2.32. The standard InChI is InChI=1S/C19H24FNO4S/c1-12(2)21(19-9-6-15(25-5)10-13(19)3)26(23,24)16-7-8-18(20)17(11-16)14(4)22/h6-12,14,22H,1-5H3. The summed E-state index contributed by atoms with van der Waals surface area (Å²) in [4.78, 5) is -0.0706. The summed E-state index contributed by atoms with van der Waals surface area (Å²) in [7, 11) is -2.41. The molecule has 2 aromatic carbocycles. The minimum atomic E-state index is -3.95. The van der Waals surface area contributed by atoms with E-state index in [9.17, 15) is 17.9 Å². The largest absolute Gasteiger partial charge is 0.497 e. The molecule has 26 heavy (non-hydrogen) atoms. The third-order valence-electron chi connectivity index (χ3n) is 4.08. The molecule has 1 N–H and O–H groups in total. The van der Waals surface area contributed by atoms with Gasteiger partial charge in [0.25, 0.3) is 10.0 Å². The molecule has 0 radical (unpaired) electrons. The molecule has 0 fully saturated rings. The molecule has 0 heterocycles. The molecule has 142 valence electrons. The summed E-state index contributed by atoms with van der Waals surface area (Å²) < 4.78 is 46.8. The molecular weight excluding hydrogens is 357 g/mol. The Morgan fingerprint density at radius 1 is 1.12 bits per heavy atom. The average Bonchev–Trinajstić information content (AvgIpc) is 2.55. The lowest BCUT2D eigenvalue weighted by molar-refractivity contribution is 0.194. The van der Waals surface area contributed by atoms with E-state index in [1.54, 1.807) is 46.1 Å². The van der Waals surface area contributed by atoms with Crippen molar-refractivity contribution in [3.8, 4) is 5.75 Å². The van der Waals surface area contributed by atoms with Crippen LogP contribution >= 0.6 is 0 Å². The van der Waals surface area contributed by atoms with Gasteiger partial charge in [-0.25, -0.2) is 12.8 Å². The van der Waals surface area contributed by atoms with Crippen molar-refractivity contribution < 1.29 is 22.7 Å². The third kappa shape index (κ3) is 3.83. The highest BCUT2D eigenvalue weighted by atomic mass is 32.2. The summed E-state index contributed by atoms with van der Waals surface area (Å²) in [5, 5.41) is 9.70. The number of anilines is 1. The van der Waals surface area contributed by atoms with Gasteiger partial charge in [-0.3, -0.25) is 4.31 Å². The number of halogens is 1. The van der Waals surface area contributed by atoms with E-state index >= 15 is 0 Å². The van der Waals surface area contributed by atoms with Crippen LogP contribution in [0.4, 0.5) is 10.1 Å². The predicted octanol–water partition coefficient (Wildman–Crippen LogP) is 3.80. The molecule has 0 saturated heterocycles. The van der Waals surface area contributed by atoms with Crippen LogP contribution in [-0.4, -0.2) is 26.7 Å². The first-order valence-electron chi connectivity index (χ1n) is 8.26. The molecule has 0 aromatic heterocycles. The highest BCUT2D eigenvalue weighted by Gasteiger charge is 2.29. The Morgan fingerprint density at radius 3 is 2.27 bits per heavy atom. The molecule has 0 aliphatic heterocycles. The first kappa shape index (κ1) is 20.2. The van der Waals surface area contributed by atoms with Crippen LogP contribution in [0.25, 0.3) is 0 Å². The van der Waals surface area contributed by atoms with E-state index in [2.05, 4.69) is 0 Å². The van der Waals surface area contributed by atoms with Crippen LogP contribution in [0.1, 0.15) is 38.0 Å². The number of aryl methyl sites for hydroxylation is 1. The number of hydrogen-bond acceptors (Lipinski definition) is 4. The Bertz CT molecular complexity index is 894. The summed E-state index contributed by atoms with van der Waals surface area (Å²) in [5.74, 6) is -0.0128. The number of aliphatic hydroxyl groups excluding tert-OH is 1. The number of ether oxygens (including phenoxy) is 1. The Morgan fingerprint density at radius 2 is 1.77 bits per heavy atom. The smallest absolute Gasteiger partial charge is 0.264 e. The fourth-order valence-electron chi connectivity index (χ4n) is 2.80. The van der Waals surface area contributed by atoms with E-state index in [0.717, 1.165) is 11.6 Å². The van der Waals surface area contributed by atoms with Gasteiger partial charge >= 0.3 is 0 Å². The van der Waals surface area contributed by atoms with Crippen LogP contribution in [0.15, 0.2) is 41.3 Å². The molecular formula is C19H24FNO4S. The second-order valence-electron chi connectivity index (χ2n) is 6.41. The van der Waals surface area contributed by atoms with Crippen molar-refractivity contribution in [2.24, 2.45) is 0 Å². The molecule has 7 heteroatoms. The molecule has 0 bridgehead atoms. The molecule has 1 atom stereocenters. The number of aliphatic hydroxyl groups is 1. The van der Waals surface area contributed by atoms with Crippen molar-refractivity contribution in [1.29, 1.82) is 0 Å². The maximum absolute atomic E-state index is 13.9. The zero-order valence-corrected chi connectivity index (χ0v) is 16.3. The van der Waals surface area contributed by atoms with Gasteiger partial charge in [0.05, 0.1) is 23.8 Å². The molecule has 2 aromatic rings. The highest BCUT2D eigenvalue weighted by molar-refractivity contribution is 7.92. The number of benzene rings is 2. The topological polar surface area (TPSA) is 66.8 Å². The maximum Gasteiger partial charge on any atom is 0.264 e. The summed E-state index contributed by atoms with van der Waals surface area (Å²) >= 11 is 0. The maximum atomic E-state index is 13.9. The van der Waals surface area contributed by atoms with Crippen molar-refractivity contribution in [3.05, 3.63) is 53.3 Å². The van der Waals surface area contributed by atoms with Crippen LogP contribution in [0.3, 0.4) is 0 Å². The van der Waals surface area contributed by atoms with Crippen molar-refractivity contribution in [1.82, 2.24) is 0 Å². The lowest BCUT2D eigenvalue weighted by Crippen LogP contribution is -2.37. The minimum Gasteiger partial charge on any atom is -0.497 e. The van der Waals surface area contributed by atoms with Crippen molar-refractivity contribution in [2.45, 2.75) is 44.7 Å². The first-order valence-corrected chi connectivity index (χ1v) is 9.70.